The molecule has 2 heteroatoms. The van der Waals surface area contributed by atoms with Gasteiger partial charge in [-0.25, -0.2) is 0 Å². The topological polar surface area (TPSA) is 25.8 Å². The molecule has 0 N–H and O–H groups in total. The molecule has 0 radical (unpaired) electrons. The van der Waals surface area contributed by atoms with E-state index in [2.05, 4.69) is 157 Å². The second-order valence-corrected chi connectivity index (χ2v) is 13.8. The molecule has 10 aromatic carbocycles. The van der Waals surface area contributed by atoms with Crippen molar-refractivity contribution in [1.29, 1.82) is 0 Å². The number of hydrogen-bond donors (Lipinski definition) is 0. The van der Waals surface area contributed by atoms with E-state index >= 15 is 0 Å². The molecule has 0 spiro atoms. The summed E-state index contributed by atoms with van der Waals surface area (Å²) in [6, 6.07) is 62.0. The van der Waals surface area contributed by atoms with E-state index in [4.69, 9.17) is 4.98 Å². The third-order valence-electron chi connectivity index (χ3n) is 10.9. The first kappa shape index (κ1) is 28.9. The van der Waals surface area contributed by atoms with Gasteiger partial charge >= 0.3 is 0 Å². The van der Waals surface area contributed by atoms with E-state index in [0.717, 1.165) is 22.5 Å². The molecule has 0 atom stereocenters. The molecule has 0 aliphatic heterocycles. The molecule has 240 valence electrons. The highest BCUT2D eigenvalue weighted by Gasteiger charge is 2.16. The Hall–Kier alpha value is -6.90. The minimum Gasteiger partial charge on any atom is -0.252 e. The lowest BCUT2D eigenvalue weighted by molar-refractivity contribution is 1.21. The maximum Gasteiger partial charge on any atom is 0.0885 e. The van der Waals surface area contributed by atoms with Crippen molar-refractivity contribution < 1.29 is 0 Å². The van der Waals surface area contributed by atoms with Gasteiger partial charge < -0.3 is 0 Å². The highest BCUT2D eigenvalue weighted by atomic mass is 14.8. The normalized spacial score (nSPS) is 11.8. The van der Waals surface area contributed by atoms with E-state index < -0.39 is 0 Å². The zero-order chi connectivity index (χ0) is 34.2. The van der Waals surface area contributed by atoms with Gasteiger partial charge in [0.2, 0.25) is 0 Å². The SMILES string of the molecule is c1ccc(-c2cnc(-c3ccc(-c4ccc(-c5cc6ccc7cccc8c9cccc%10ccc%11cccc(c(c5)c6c78)c%11c%109)cc4)cc3)cn2)cc1. The van der Waals surface area contributed by atoms with Crippen LogP contribution in [0.1, 0.15) is 0 Å². The third kappa shape index (κ3) is 4.44. The van der Waals surface area contributed by atoms with Crippen LogP contribution in [0.5, 0.6) is 0 Å². The Kier molecular flexibility index (Phi) is 6.28. The molecule has 1 heterocycles. The fourth-order valence-electron chi connectivity index (χ4n) is 8.37. The van der Waals surface area contributed by atoms with Crippen LogP contribution in [0.2, 0.25) is 0 Å². The Morgan fingerprint density at radius 3 is 1.15 bits per heavy atom. The van der Waals surface area contributed by atoms with Gasteiger partial charge in [-0.2, -0.15) is 0 Å². The molecular formula is C50H30N2. The Balaban J connectivity index is 1.03. The first-order chi connectivity index (χ1) is 25.8. The summed E-state index contributed by atoms with van der Waals surface area (Å²) in [7, 11) is 0. The smallest absolute Gasteiger partial charge is 0.0885 e. The molecule has 0 fully saturated rings. The average Bonchev–Trinajstić information content (AvgIpc) is 3.22. The van der Waals surface area contributed by atoms with Crippen molar-refractivity contribution >= 4 is 64.6 Å². The number of hydrogen-bond acceptors (Lipinski definition) is 2. The van der Waals surface area contributed by atoms with E-state index in [-0.39, 0.29) is 0 Å². The third-order valence-corrected chi connectivity index (χ3v) is 10.9. The van der Waals surface area contributed by atoms with Crippen molar-refractivity contribution in [3.63, 3.8) is 0 Å². The largest absolute Gasteiger partial charge is 0.252 e. The molecular weight excluding hydrogens is 629 g/mol. The van der Waals surface area contributed by atoms with Crippen LogP contribution in [0.4, 0.5) is 0 Å². The lowest BCUT2D eigenvalue weighted by atomic mass is 9.86. The standard InChI is InChI=1S/C50H30N2/c1-2-7-34(8-3-1)45-29-52-46(30-51-45)35-21-19-32(20-22-35)31-15-17-33(18-16-31)40-27-39-26-25-38-10-5-13-42-41-12-4-9-36-23-24-37-11-6-14-43(49(37)47(36)41)44(28-40)50(39)48(38)42/h1-30H. The van der Waals surface area contributed by atoms with Crippen LogP contribution >= 0.6 is 0 Å². The molecule has 2 nitrogen and oxygen atoms in total. The first-order valence-electron chi connectivity index (χ1n) is 17.8. The number of aromatic nitrogens is 2. The maximum atomic E-state index is 4.71. The molecule has 11 rings (SSSR count). The van der Waals surface area contributed by atoms with Gasteiger partial charge in [0, 0.05) is 11.1 Å². The van der Waals surface area contributed by atoms with E-state index in [9.17, 15) is 0 Å². The Labute approximate surface area is 300 Å². The summed E-state index contributed by atoms with van der Waals surface area (Å²) in [4.78, 5) is 9.38. The Bertz CT molecular complexity index is 3120. The van der Waals surface area contributed by atoms with Crippen LogP contribution in [0, 0.1) is 0 Å². The summed E-state index contributed by atoms with van der Waals surface area (Å²) in [5, 5.41) is 15.6. The van der Waals surface area contributed by atoms with Gasteiger partial charge in [0.25, 0.3) is 0 Å². The molecule has 0 aliphatic rings. The average molecular weight is 659 g/mol. The van der Waals surface area contributed by atoms with Crippen LogP contribution in [-0.2, 0) is 0 Å². The summed E-state index contributed by atoms with van der Waals surface area (Å²) in [5.41, 5.74) is 8.63. The molecule has 52 heavy (non-hydrogen) atoms. The molecule has 0 saturated carbocycles. The summed E-state index contributed by atoms with van der Waals surface area (Å²) in [5.74, 6) is 0. The second kappa shape index (κ2) is 11.3. The highest BCUT2D eigenvalue weighted by Crippen LogP contribution is 2.44. The van der Waals surface area contributed by atoms with Gasteiger partial charge in [-0.1, -0.05) is 158 Å². The molecule has 0 unspecified atom stereocenters. The van der Waals surface area contributed by atoms with Gasteiger partial charge in [0.05, 0.1) is 23.8 Å². The van der Waals surface area contributed by atoms with Crippen molar-refractivity contribution in [2.75, 3.05) is 0 Å². The lowest BCUT2D eigenvalue weighted by Gasteiger charge is -2.17. The molecule has 0 saturated heterocycles. The lowest BCUT2D eigenvalue weighted by Crippen LogP contribution is -1.90. The number of fused-ring (bicyclic) bond motifs is 2. The Morgan fingerprint density at radius 1 is 0.250 bits per heavy atom. The minimum atomic E-state index is 0.865. The van der Waals surface area contributed by atoms with E-state index in [1.54, 1.807) is 0 Å². The van der Waals surface area contributed by atoms with Crippen molar-refractivity contribution in [1.82, 2.24) is 9.97 Å². The van der Waals surface area contributed by atoms with E-state index in [0.29, 0.717) is 0 Å². The van der Waals surface area contributed by atoms with Gasteiger partial charge in [0.1, 0.15) is 0 Å². The summed E-state index contributed by atoms with van der Waals surface area (Å²) >= 11 is 0. The fourth-order valence-corrected chi connectivity index (χ4v) is 8.37. The van der Waals surface area contributed by atoms with E-state index in [1.807, 2.05) is 30.6 Å². The molecule has 0 aliphatic carbocycles. The maximum absolute atomic E-state index is 4.71. The van der Waals surface area contributed by atoms with Gasteiger partial charge in [0.15, 0.2) is 0 Å². The Morgan fingerprint density at radius 2 is 0.654 bits per heavy atom. The van der Waals surface area contributed by atoms with Gasteiger partial charge in [-0.05, 0) is 99.0 Å². The quantitative estimate of drug-likeness (QED) is 0.176. The van der Waals surface area contributed by atoms with Crippen molar-refractivity contribution in [2.45, 2.75) is 0 Å². The number of nitrogens with zero attached hydrogens (tertiary/aromatic N) is 2. The molecule has 11 aromatic rings. The van der Waals surface area contributed by atoms with Crippen molar-refractivity contribution in [3.8, 4) is 44.8 Å². The zero-order valence-corrected chi connectivity index (χ0v) is 28.2. The minimum absolute atomic E-state index is 0.865. The number of rotatable bonds is 4. The first-order valence-corrected chi connectivity index (χ1v) is 17.8. The zero-order valence-electron chi connectivity index (χ0n) is 28.2. The van der Waals surface area contributed by atoms with Gasteiger partial charge in [-0.15, -0.1) is 0 Å². The van der Waals surface area contributed by atoms with Crippen molar-refractivity contribution in [3.05, 3.63) is 182 Å². The summed E-state index contributed by atoms with van der Waals surface area (Å²) < 4.78 is 0. The number of benzene rings is 9. The molecule has 1 aromatic heterocycles. The summed E-state index contributed by atoms with van der Waals surface area (Å²) in [6.45, 7) is 0. The molecule has 0 bridgehead atoms. The van der Waals surface area contributed by atoms with Crippen LogP contribution in [0.25, 0.3) is 109 Å². The fraction of sp³-hybridized carbons (Fsp3) is 0. The van der Waals surface area contributed by atoms with Crippen LogP contribution in [-0.4, -0.2) is 9.97 Å². The van der Waals surface area contributed by atoms with Crippen molar-refractivity contribution in [2.24, 2.45) is 0 Å². The van der Waals surface area contributed by atoms with Crippen LogP contribution in [0.3, 0.4) is 0 Å². The van der Waals surface area contributed by atoms with Gasteiger partial charge in [-0.3, -0.25) is 9.97 Å². The van der Waals surface area contributed by atoms with Crippen LogP contribution in [0.15, 0.2) is 182 Å². The van der Waals surface area contributed by atoms with E-state index in [1.165, 1.54) is 86.9 Å². The summed E-state index contributed by atoms with van der Waals surface area (Å²) in [6.07, 6.45) is 3.71. The monoisotopic (exact) mass is 658 g/mol. The highest BCUT2D eigenvalue weighted by molar-refractivity contribution is 6.37. The predicted octanol–water partition coefficient (Wildman–Crippen LogP) is 13.5. The second-order valence-electron chi connectivity index (χ2n) is 13.8. The molecule has 0 amide bonds. The van der Waals surface area contributed by atoms with Crippen LogP contribution < -0.4 is 0 Å². The predicted molar refractivity (Wildman–Crippen MR) is 220 cm³/mol.